The number of pyridine rings is 1. The van der Waals surface area contributed by atoms with Crippen molar-refractivity contribution < 1.29 is 14.3 Å². The molecule has 2 aromatic carbocycles. The van der Waals surface area contributed by atoms with Crippen LogP contribution in [0.5, 0.6) is 5.75 Å². The van der Waals surface area contributed by atoms with Crippen LogP contribution in [-0.2, 0) is 0 Å². The number of ether oxygens (including phenoxy) is 1. The smallest absolute Gasteiger partial charge is 0.343 e. The second kappa shape index (κ2) is 6.87. The van der Waals surface area contributed by atoms with Crippen LogP contribution < -0.4 is 4.74 Å². The number of rotatable bonds is 4. The number of hydrogen-bond donors (Lipinski definition) is 0. The summed E-state index contributed by atoms with van der Waals surface area (Å²) in [5.74, 6) is 0.0943. The third kappa shape index (κ3) is 3.55. The van der Waals surface area contributed by atoms with Crippen LogP contribution in [0.2, 0.25) is 0 Å². The van der Waals surface area contributed by atoms with Gasteiger partial charge in [0.2, 0.25) is 0 Å². The summed E-state index contributed by atoms with van der Waals surface area (Å²) in [6.45, 7) is 1.54. The summed E-state index contributed by atoms with van der Waals surface area (Å²) in [5, 5.41) is 0. The van der Waals surface area contributed by atoms with Crippen molar-refractivity contribution in [1.29, 1.82) is 0 Å². The minimum absolute atomic E-state index is 0.0416. The number of aromatic nitrogens is 1. The highest BCUT2D eigenvalue weighted by Gasteiger charge is 2.08. The molecule has 0 saturated carbocycles. The zero-order chi connectivity index (χ0) is 16.9. The van der Waals surface area contributed by atoms with E-state index >= 15 is 0 Å². The van der Waals surface area contributed by atoms with E-state index in [-0.39, 0.29) is 5.78 Å². The lowest BCUT2D eigenvalue weighted by molar-refractivity contribution is 0.0734. The summed E-state index contributed by atoms with van der Waals surface area (Å²) in [7, 11) is 0. The Morgan fingerprint density at radius 1 is 0.750 bits per heavy atom. The standard InChI is InChI=1S/C20H15NO3/c1-14(22)15-2-4-16(5-3-15)17-6-8-19(9-7-17)24-20(23)18-10-12-21-13-11-18/h2-13H,1H3. The first kappa shape index (κ1) is 15.6. The SMILES string of the molecule is CC(=O)c1ccc(-c2ccc(OC(=O)c3ccncc3)cc2)cc1. The van der Waals surface area contributed by atoms with Crippen molar-refractivity contribution in [2.45, 2.75) is 6.92 Å². The highest BCUT2D eigenvalue weighted by atomic mass is 16.5. The highest BCUT2D eigenvalue weighted by molar-refractivity contribution is 5.94. The first-order valence-electron chi connectivity index (χ1n) is 7.47. The molecule has 4 heteroatoms. The van der Waals surface area contributed by atoms with Crippen molar-refractivity contribution in [2.75, 3.05) is 0 Å². The van der Waals surface area contributed by atoms with Crippen molar-refractivity contribution in [1.82, 2.24) is 4.98 Å². The number of esters is 1. The number of carbonyl (C=O) groups excluding carboxylic acids is 2. The molecule has 3 aromatic rings. The molecule has 0 atom stereocenters. The van der Waals surface area contributed by atoms with Gasteiger partial charge in [0, 0.05) is 18.0 Å². The van der Waals surface area contributed by atoms with E-state index in [9.17, 15) is 9.59 Å². The summed E-state index contributed by atoms with van der Waals surface area (Å²) in [5.41, 5.74) is 3.11. The summed E-state index contributed by atoms with van der Waals surface area (Å²) in [6.07, 6.45) is 3.09. The number of benzene rings is 2. The Balaban J connectivity index is 1.73. The maximum atomic E-state index is 12.0. The minimum Gasteiger partial charge on any atom is -0.423 e. The van der Waals surface area contributed by atoms with Crippen LogP contribution in [0.4, 0.5) is 0 Å². The molecule has 0 aliphatic carbocycles. The molecule has 0 spiro atoms. The van der Waals surface area contributed by atoms with Gasteiger partial charge in [0.05, 0.1) is 5.56 Å². The van der Waals surface area contributed by atoms with E-state index in [1.165, 1.54) is 0 Å². The summed E-state index contributed by atoms with van der Waals surface area (Å²) < 4.78 is 5.33. The lowest BCUT2D eigenvalue weighted by Gasteiger charge is -2.06. The van der Waals surface area contributed by atoms with Crippen LogP contribution in [0, 0.1) is 0 Å². The molecule has 0 fully saturated rings. The molecule has 0 radical (unpaired) electrons. The number of Topliss-reactive ketones (excluding diaryl/α,β-unsaturated/α-hetero) is 1. The van der Waals surface area contributed by atoms with Gasteiger partial charge in [0.1, 0.15) is 5.75 Å². The zero-order valence-electron chi connectivity index (χ0n) is 13.1. The Bertz CT molecular complexity index is 854. The van der Waals surface area contributed by atoms with E-state index in [1.807, 2.05) is 24.3 Å². The van der Waals surface area contributed by atoms with E-state index in [4.69, 9.17) is 4.74 Å². The quantitative estimate of drug-likeness (QED) is 0.412. The topological polar surface area (TPSA) is 56.3 Å². The van der Waals surface area contributed by atoms with Gasteiger partial charge in [-0.25, -0.2) is 4.79 Å². The molecular weight excluding hydrogens is 302 g/mol. The molecule has 24 heavy (non-hydrogen) atoms. The fourth-order valence-corrected chi connectivity index (χ4v) is 2.27. The first-order valence-corrected chi connectivity index (χ1v) is 7.47. The number of hydrogen-bond acceptors (Lipinski definition) is 4. The molecule has 0 saturated heterocycles. The van der Waals surface area contributed by atoms with Crippen LogP contribution in [0.15, 0.2) is 73.1 Å². The molecule has 0 bridgehead atoms. The van der Waals surface area contributed by atoms with Gasteiger partial charge < -0.3 is 4.74 Å². The summed E-state index contributed by atoms with van der Waals surface area (Å²) in [6, 6.07) is 17.8. The maximum Gasteiger partial charge on any atom is 0.343 e. The zero-order valence-corrected chi connectivity index (χ0v) is 13.1. The average Bonchev–Trinajstić information content (AvgIpc) is 2.63. The first-order chi connectivity index (χ1) is 11.6. The van der Waals surface area contributed by atoms with Gasteiger partial charge in [0.25, 0.3) is 0 Å². The summed E-state index contributed by atoms with van der Waals surface area (Å²) >= 11 is 0. The van der Waals surface area contributed by atoms with Gasteiger partial charge in [-0.15, -0.1) is 0 Å². The third-order valence-corrected chi connectivity index (χ3v) is 3.61. The molecule has 0 unspecified atom stereocenters. The number of ketones is 1. The Hall–Kier alpha value is -3.27. The largest absolute Gasteiger partial charge is 0.423 e. The second-order valence-corrected chi connectivity index (χ2v) is 5.28. The molecule has 1 aromatic heterocycles. The molecule has 118 valence electrons. The van der Waals surface area contributed by atoms with Crippen molar-refractivity contribution in [3.05, 3.63) is 84.2 Å². The molecule has 1 heterocycles. The van der Waals surface area contributed by atoms with Gasteiger partial charge in [-0.1, -0.05) is 36.4 Å². The van der Waals surface area contributed by atoms with Crippen molar-refractivity contribution >= 4 is 11.8 Å². The Morgan fingerprint density at radius 2 is 1.29 bits per heavy atom. The van der Waals surface area contributed by atoms with E-state index in [2.05, 4.69) is 4.98 Å². The molecule has 0 N–H and O–H groups in total. The third-order valence-electron chi connectivity index (χ3n) is 3.61. The van der Waals surface area contributed by atoms with E-state index in [1.54, 1.807) is 55.7 Å². The van der Waals surface area contributed by atoms with Crippen molar-refractivity contribution in [3.8, 4) is 16.9 Å². The van der Waals surface area contributed by atoms with Crippen molar-refractivity contribution in [3.63, 3.8) is 0 Å². The molecule has 0 aliphatic heterocycles. The molecule has 0 amide bonds. The molecular formula is C20H15NO3. The van der Waals surface area contributed by atoms with Gasteiger partial charge >= 0.3 is 5.97 Å². The summed E-state index contributed by atoms with van der Waals surface area (Å²) in [4.78, 5) is 27.2. The predicted molar refractivity (Wildman–Crippen MR) is 91.1 cm³/mol. The fourth-order valence-electron chi connectivity index (χ4n) is 2.27. The molecule has 4 nitrogen and oxygen atoms in total. The second-order valence-electron chi connectivity index (χ2n) is 5.28. The van der Waals surface area contributed by atoms with Gasteiger partial charge in [-0.05, 0) is 42.3 Å². The minimum atomic E-state index is -0.420. The highest BCUT2D eigenvalue weighted by Crippen LogP contribution is 2.23. The Morgan fingerprint density at radius 3 is 1.83 bits per heavy atom. The van der Waals surface area contributed by atoms with E-state index in [0.29, 0.717) is 16.9 Å². The maximum absolute atomic E-state index is 12.0. The lowest BCUT2D eigenvalue weighted by atomic mass is 10.0. The predicted octanol–water partition coefficient (Wildman–Crippen LogP) is 4.17. The average molecular weight is 317 g/mol. The lowest BCUT2D eigenvalue weighted by Crippen LogP contribution is -2.08. The fraction of sp³-hybridized carbons (Fsp3) is 0.0500. The normalized spacial score (nSPS) is 10.2. The van der Waals surface area contributed by atoms with Gasteiger partial charge in [-0.2, -0.15) is 0 Å². The van der Waals surface area contributed by atoms with Crippen LogP contribution >= 0.6 is 0 Å². The van der Waals surface area contributed by atoms with Crippen molar-refractivity contribution in [2.24, 2.45) is 0 Å². The molecule has 3 rings (SSSR count). The van der Waals surface area contributed by atoms with Crippen LogP contribution in [0.3, 0.4) is 0 Å². The number of carbonyl (C=O) groups is 2. The molecule has 0 aliphatic rings. The van der Waals surface area contributed by atoms with Crippen LogP contribution in [0.25, 0.3) is 11.1 Å². The Labute approximate surface area is 139 Å². The van der Waals surface area contributed by atoms with Crippen LogP contribution in [-0.4, -0.2) is 16.7 Å². The number of nitrogens with zero attached hydrogens (tertiary/aromatic N) is 1. The van der Waals surface area contributed by atoms with Crippen LogP contribution in [0.1, 0.15) is 27.6 Å². The Kier molecular flexibility index (Phi) is 4.47. The van der Waals surface area contributed by atoms with E-state index in [0.717, 1.165) is 11.1 Å². The van der Waals surface area contributed by atoms with Gasteiger partial charge in [-0.3, -0.25) is 9.78 Å². The monoisotopic (exact) mass is 317 g/mol. The van der Waals surface area contributed by atoms with Gasteiger partial charge in [0.15, 0.2) is 5.78 Å². The van der Waals surface area contributed by atoms with E-state index < -0.39 is 5.97 Å².